The first kappa shape index (κ1) is 13.1. The van der Waals surface area contributed by atoms with Gasteiger partial charge in [0.15, 0.2) is 0 Å². The summed E-state index contributed by atoms with van der Waals surface area (Å²) in [5.41, 5.74) is 2.09. The van der Waals surface area contributed by atoms with Crippen LogP contribution in [0.3, 0.4) is 0 Å². The molecule has 0 aromatic heterocycles. The van der Waals surface area contributed by atoms with Crippen LogP contribution in [0, 0.1) is 5.92 Å². The van der Waals surface area contributed by atoms with Crippen LogP contribution in [0.25, 0.3) is 0 Å². The van der Waals surface area contributed by atoms with E-state index < -0.39 is 0 Å². The van der Waals surface area contributed by atoms with Gasteiger partial charge >= 0.3 is 0 Å². The fraction of sp³-hybridized carbons (Fsp3) is 0.533. The summed E-state index contributed by atoms with van der Waals surface area (Å²) in [4.78, 5) is 12.1. The molecule has 1 aromatic rings. The molecular formula is C15H22N2O. The fourth-order valence-electron chi connectivity index (χ4n) is 2.57. The number of amides is 1. The summed E-state index contributed by atoms with van der Waals surface area (Å²) in [6, 6.07) is 8.26. The predicted molar refractivity (Wildman–Crippen MR) is 74.5 cm³/mol. The highest BCUT2D eigenvalue weighted by atomic mass is 16.1. The minimum Gasteiger partial charge on any atom is -0.326 e. The molecule has 1 saturated carbocycles. The van der Waals surface area contributed by atoms with E-state index >= 15 is 0 Å². The molecule has 0 bridgehead atoms. The van der Waals surface area contributed by atoms with Crippen molar-refractivity contribution in [3.63, 3.8) is 0 Å². The third-order valence-electron chi connectivity index (χ3n) is 3.84. The highest BCUT2D eigenvalue weighted by Crippen LogP contribution is 2.28. The number of hydrogen-bond donors (Lipinski definition) is 2. The van der Waals surface area contributed by atoms with Crippen molar-refractivity contribution in [2.24, 2.45) is 5.92 Å². The van der Waals surface area contributed by atoms with Crippen LogP contribution in [0.2, 0.25) is 0 Å². The number of carbonyl (C=O) groups is 1. The van der Waals surface area contributed by atoms with Crippen LogP contribution in [0.4, 0.5) is 5.69 Å². The lowest BCUT2D eigenvalue weighted by atomic mass is 10.0. The number of nitrogens with one attached hydrogen (secondary N) is 2. The normalized spacial score (nSPS) is 17.7. The molecule has 98 valence electrons. The van der Waals surface area contributed by atoms with Crippen LogP contribution in [-0.4, -0.2) is 13.0 Å². The Kier molecular flexibility index (Phi) is 4.37. The Morgan fingerprint density at radius 3 is 2.61 bits per heavy atom. The fourth-order valence-corrected chi connectivity index (χ4v) is 2.57. The maximum Gasteiger partial charge on any atom is 0.227 e. The number of benzene rings is 1. The molecule has 3 heteroatoms. The van der Waals surface area contributed by atoms with Crippen LogP contribution in [0.1, 0.15) is 44.2 Å². The van der Waals surface area contributed by atoms with Crippen molar-refractivity contribution in [1.82, 2.24) is 5.32 Å². The molecule has 0 heterocycles. The summed E-state index contributed by atoms with van der Waals surface area (Å²) in [5.74, 6) is 0.395. The Morgan fingerprint density at radius 2 is 1.94 bits per heavy atom. The van der Waals surface area contributed by atoms with Crippen molar-refractivity contribution in [3.8, 4) is 0 Å². The summed E-state index contributed by atoms with van der Waals surface area (Å²) >= 11 is 0. The monoisotopic (exact) mass is 246 g/mol. The molecule has 1 amide bonds. The Hall–Kier alpha value is -1.35. The Morgan fingerprint density at radius 1 is 1.28 bits per heavy atom. The standard InChI is InChI=1S/C15H22N2O/c1-11(16-2)13-9-5-6-10-14(13)17-15(18)12-7-3-4-8-12/h5-6,9-12,16H,3-4,7-8H2,1-2H3,(H,17,18). The third-order valence-corrected chi connectivity index (χ3v) is 3.84. The highest BCUT2D eigenvalue weighted by Gasteiger charge is 2.23. The summed E-state index contributed by atoms with van der Waals surface area (Å²) < 4.78 is 0. The van der Waals surface area contributed by atoms with Crippen LogP contribution in [0.15, 0.2) is 24.3 Å². The van der Waals surface area contributed by atoms with Gasteiger partial charge in [-0.3, -0.25) is 4.79 Å². The summed E-state index contributed by atoms with van der Waals surface area (Å²) in [5, 5.41) is 6.30. The van der Waals surface area contributed by atoms with Gasteiger partial charge in [-0.05, 0) is 38.4 Å². The van der Waals surface area contributed by atoms with Gasteiger partial charge in [0.1, 0.15) is 0 Å². The first-order chi connectivity index (χ1) is 8.72. The third kappa shape index (κ3) is 2.91. The lowest BCUT2D eigenvalue weighted by molar-refractivity contribution is -0.119. The van der Waals surface area contributed by atoms with Gasteiger partial charge in [0.25, 0.3) is 0 Å². The maximum atomic E-state index is 12.1. The second-order valence-electron chi connectivity index (χ2n) is 5.07. The van der Waals surface area contributed by atoms with E-state index in [1.54, 1.807) is 0 Å². The molecule has 0 saturated heterocycles. The molecule has 1 aromatic carbocycles. The van der Waals surface area contributed by atoms with Gasteiger partial charge in [0.05, 0.1) is 0 Å². The lowest BCUT2D eigenvalue weighted by Gasteiger charge is -2.18. The number of para-hydroxylation sites is 1. The molecule has 1 atom stereocenters. The Labute approximate surface area is 109 Å². The maximum absolute atomic E-state index is 12.1. The Bertz CT molecular complexity index is 411. The molecule has 1 fully saturated rings. The summed E-state index contributed by atoms with van der Waals surface area (Å²) in [6.07, 6.45) is 4.45. The van der Waals surface area contributed by atoms with Crippen molar-refractivity contribution in [2.75, 3.05) is 12.4 Å². The van der Waals surface area contributed by atoms with Gasteiger partial charge in [0, 0.05) is 17.6 Å². The van der Waals surface area contributed by atoms with E-state index in [0.29, 0.717) is 0 Å². The predicted octanol–water partition coefficient (Wildman–Crippen LogP) is 3.10. The number of rotatable bonds is 4. The number of carbonyl (C=O) groups excluding carboxylic acids is 1. The minimum absolute atomic E-state index is 0.184. The van der Waals surface area contributed by atoms with Crippen LogP contribution in [-0.2, 0) is 4.79 Å². The van der Waals surface area contributed by atoms with E-state index in [1.807, 2.05) is 25.2 Å². The number of anilines is 1. The zero-order valence-electron chi connectivity index (χ0n) is 11.2. The lowest BCUT2D eigenvalue weighted by Crippen LogP contribution is -2.22. The molecule has 1 aliphatic carbocycles. The van der Waals surface area contributed by atoms with Gasteiger partial charge in [0.2, 0.25) is 5.91 Å². The second-order valence-corrected chi connectivity index (χ2v) is 5.07. The molecule has 0 radical (unpaired) electrons. The summed E-state index contributed by atoms with van der Waals surface area (Å²) in [6.45, 7) is 2.10. The van der Waals surface area contributed by atoms with E-state index in [4.69, 9.17) is 0 Å². The van der Waals surface area contributed by atoms with E-state index in [0.717, 1.165) is 24.1 Å². The van der Waals surface area contributed by atoms with Crippen molar-refractivity contribution in [2.45, 2.75) is 38.6 Å². The van der Waals surface area contributed by atoms with Crippen LogP contribution in [0.5, 0.6) is 0 Å². The van der Waals surface area contributed by atoms with Crippen molar-refractivity contribution >= 4 is 11.6 Å². The van der Waals surface area contributed by atoms with Gasteiger partial charge in [-0.2, -0.15) is 0 Å². The topological polar surface area (TPSA) is 41.1 Å². The molecule has 1 aliphatic rings. The van der Waals surface area contributed by atoms with Gasteiger partial charge in [-0.25, -0.2) is 0 Å². The van der Waals surface area contributed by atoms with Gasteiger partial charge in [-0.1, -0.05) is 31.0 Å². The SMILES string of the molecule is CNC(C)c1ccccc1NC(=O)C1CCCC1. The quantitative estimate of drug-likeness (QED) is 0.857. The second kappa shape index (κ2) is 6.01. The van der Waals surface area contributed by atoms with Crippen LogP contribution < -0.4 is 10.6 Å². The molecule has 18 heavy (non-hydrogen) atoms. The molecule has 2 rings (SSSR count). The highest BCUT2D eigenvalue weighted by molar-refractivity contribution is 5.93. The first-order valence-electron chi connectivity index (χ1n) is 6.79. The first-order valence-corrected chi connectivity index (χ1v) is 6.79. The van der Waals surface area contributed by atoms with Crippen LogP contribution >= 0.6 is 0 Å². The van der Waals surface area contributed by atoms with E-state index in [1.165, 1.54) is 12.8 Å². The van der Waals surface area contributed by atoms with Gasteiger partial charge < -0.3 is 10.6 Å². The molecule has 1 unspecified atom stereocenters. The molecular weight excluding hydrogens is 224 g/mol. The van der Waals surface area contributed by atoms with E-state index in [9.17, 15) is 4.79 Å². The zero-order chi connectivity index (χ0) is 13.0. The molecule has 0 spiro atoms. The number of hydrogen-bond acceptors (Lipinski definition) is 2. The van der Waals surface area contributed by atoms with Gasteiger partial charge in [-0.15, -0.1) is 0 Å². The van der Waals surface area contributed by atoms with E-state index in [2.05, 4.69) is 23.6 Å². The molecule has 2 N–H and O–H groups in total. The zero-order valence-corrected chi connectivity index (χ0v) is 11.2. The average Bonchev–Trinajstić information content (AvgIpc) is 2.92. The van der Waals surface area contributed by atoms with E-state index in [-0.39, 0.29) is 17.9 Å². The molecule has 0 aliphatic heterocycles. The molecule has 3 nitrogen and oxygen atoms in total. The smallest absolute Gasteiger partial charge is 0.227 e. The van der Waals surface area contributed by atoms with Crippen molar-refractivity contribution in [1.29, 1.82) is 0 Å². The minimum atomic E-state index is 0.184. The summed E-state index contributed by atoms with van der Waals surface area (Å²) in [7, 11) is 1.93. The van der Waals surface area contributed by atoms with Crippen molar-refractivity contribution in [3.05, 3.63) is 29.8 Å². The van der Waals surface area contributed by atoms with Crippen molar-refractivity contribution < 1.29 is 4.79 Å². The Balaban J connectivity index is 2.10. The largest absolute Gasteiger partial charge is 0.326 e. The average molecular weight is 246 g/mol.